The largest absolute Gasteiger partial charge is 0.349 e. The highest BCUT2D eigenvalue weighted by Crippen LogP contribution is 2.19. The molecule has 0 spiro atoms. The second-order valence-electron chi connectivity index (χ2n) is 2.42. The van der Waals surface area contributed by atoms with Crippen LogP contribution in [0.5, 0.6) is 0 Å². The molecular weight excluding hydrogens is 126 g/mol. The monoisotopic (exact) mass is 133 g/mol. The van der Waals surface area contributed by atoms with Crippen molar-refractivity contribution < 1.29 is 4.79 Å². The first-order valence-corrected chi connectivity index (χ1v) is 3.07. The van der Waals surface area contributed by atoms with Gasteiger partial charge in [0.15, 0.2) is 0 Å². The minimum absolute atomic E-state index is 0.0986. The molecule has 0 saturated carbocycles. The summed E-state index contributed by atoms with van der Waals surface area (Å²) in [7, 11) is 0. The summed E-state index contributed by atoms with van der Waals surface area (Å²) in [5.74, 6) is 0.617. The fourth-order valence-corrected chi connectivity index (χ4v) is 0.915. The van der Waals surface area contributed by atoms with Gasteiger partial charge in [-0.15, -0.1) is 11.6 Å². The topological polar surface area (TPSA) is 29.1 Å². The second kappa shape index (κ2) is 1.62. The van der Waals surface area contributed by atoms with Crippen LogP contribution in [0.25, 0.3) is 0 Å². The van der Waals surface area contributed by atoms with E-state index in [2.05, 4.69) is 5.32 Å². The smallest absolute Gasteiger partial charge is 0.222 e. The minimum atomic E-state index is -0.0986. The standard InChI is InChI=1S/C5H8ClNO/c1-5(3-6)2-4(8)7-5/h2-3H2,1H3,(H,7,8). The minimum Gasteiger partial charge on any atom is -0.349 e. The van der Waals surface area contributed by atoms with Gasteiger partial charge in [-0.05, 0) is 6.92 Å². The summed E-state index contributed by atoms with van der Waals surface area (Å²) in [5, 5.41) is 2.70. The molecule has 3 heteroatoms. The van der Waals surface area contributed by atoms with Crippen molar-refractivity contribution in [2.75, 3.05) is 5.88 Å². The van der Waals surface area contributed by atoms with E-state index in [1.54, 1.807) is 0 Å². The summed E-state index contributed by atoms with van der Waals surface area (Å²) in [6.07, 6.45) is 0.580. The predicted octanol–water partition coefficient (Wildman–Crippen LogP) is 0.504. The molecule has 0 aromatic carbocycles. The van der Waals surface area contributed by atoms with Gasteiger partial charge >= 0.3 is 0 Å². The van der Waals surface area contributed by atoms with E-state index in [1.807, 2.05) is 6.92 Å². The van der Waals surface area contributed by atoms with Crippen LogP contribution in [0, 0.1) is 0 Å². The van der Waals surface area contributed by atoms with Crippen molar-refractivity contribution in [2.24, 2.45) is 0 Å². The van der Waals surface area contributed by atoms with Gasteiger partial charge in [-0.2, -0.15) is 0 Å². The van der Waals surface area contributed by atoms with Crippen LogP contribution in [0.4, 0.5) is 0 Å². The van der Waals surface area contributed by atoms with E-state index < -0.39 is 0 Å². The molecule has 2 nitrogen and oxygen atoms in total. The van der Waals surface area contributed by atoms with Crippen molar-refractivity contribution in [1.29, 1.82) is 0 Å². The molecule has 0 radical (unpaired) electrons. The highest BCUT2D eigenvalue weighted by molar-refractivity contribution is 6.19. The van der Waals surface area contributed by atoms with Crippen molar-refractivity contribution in [2.45, 2.75) is 18.9 Å². The van der Waals surface area contributed by atoms with Crippen LogP contribution in [0.2, 0.25) is 0 Å². The number of β-lactam (4-membered cyclic amide) rings is 1. The molecule has 1 aliphatic rings. The Labute approximate surface area is 53.2 Å². The molecule has 1 rings (SSSR count). The maximum atomic E-state index is 10.3. The first-order valence-electron chi connectivity index (χ1n) is 2.53. The summed E-state index contributed by atoms with van der Waals surface area (Å²) in [6.45, 7) is 1.93. The number of amides is 1. The van der Waals surface area contributed by atoms with Crippen LogP contribution < -0.4 is 5.32 Å². The van der Waals surface area contributed by atoms with Gasteiger partial charge in [0.25, 0.3) is 0 Å². The van der Waals surface area contributed by atoms with Gasteiger partial charge in [0, 0.05) is 5.88 Å². The zero-order valence-corrected chi connectivity index (χ0v) is 5.46. The van der Waals surface area contributed by atoms with Gasteiger partial charge in [0.05, 0.1) is 12.0 Å². The molecule has 1 saturated heterocycles. The average molecular weight is 134 g/mol. The summed E-state index contributed by atoms with van der Waals surface area (Å²) < 4.78 is 0. The first-order chi connectivity index (χ1) is 3.66. The Balaban J connectivity index is 2.40. The lowest BCUT2D eigenvalue weighted by molar-refractivity contribution is -0.131. The molecule has 1 amide bonds. The molecule has 1 fully saturated rings. The van der Waals surface area contributed by atoms with Crippen molar-refractivity contribution in [3.63, 3.8) is 0 Å². The molecule has 0 aromatic rings. The van der Waals surface area contributed by atoms with Gasteiger partial charge in [-0.3, -0.25) is 4.79 Å². The van der Waals surface area contributed by atoms with E-state index in [9.17, 15) is 4.79 Å². The van der Waals surface area contributed by atoms with Crippen molar-refractivity contribution in [1.82, 2.24) is 5.32 Å². The van der Waals surface area contributed by atoms with Crippen LogP contribution in [0.15, 0.2) is 0 Å². The van der Waals surface area contributed by atoms with Crippen molar-refractivity contribution >= 4 is 17.5 Å². The summed E-state index contributed by atoms with van der Waals surface area (Å²) >= 11 is 5.50. The molecule has 1 aliphatic heterocycles. The Bertz CT molecular complexity index is 116. The number of nitrogens with one attached hydrogen (secondary N) is 1. The van der Waals surface area contributed by atoms with Gasteiger partial charge in [-0.25, -0.2) is 0 Å². The van der Waals surface area contributed by atoms with Crippen LogP contribution in [0.3, 0.4) is 0 Å². The summed E-state index contributed by atoms with van der Waals surface area (Å²) in [5.41, 5.74) is -0.0986. The fraction of sp³-hybridized carbons (Fsp3) is 0.800. The average Bonchev–Trinajstić information content (AvgIpc) is 1.63. The zero-order valence-electron chi connectivity index (χ0n) is 4.70. The zero-order chi connectivity index (χ0) is 6.20. The van der Waals surface area contributed by atoms with E-state index in [4.69, 9.17) is 11.6 Å². The lowest BCUT2D eigenvalue weighted by Gasteiger charge is -2.36. The van der Waals surface area contributed by atoms with Crippen LogP contribution in [-0.2, 0) is 4.79 Å². The number of rotatable bonds is 1. The van der Waals surface area contributed by atoms with Gasteiger partial charge in [0.1, 0.15) is 0 Å². The molecule has 8 heavy (non-hydrogen) atoms. The van der Waals surface area contributed by atoms with Crippen LogP contribution in [-0.4, -0.2) is 17.3 Å². The van der Waals surface area contributed by atoms with E-state index >= 15 is 0 Å². The molecule has 1 unspecified atom stereocenters. The van der Waals surface area contributed by atoms with Crippen molar-refractivity contribution in [3.8, 4) is 0 Å². The Hall–Kier alpha value is -0.240. The van der Waals surface area contributed by atoms with E-state index in [-0.39, 0.29) is 11.4 Å². The summed E-state index contributed by atoms with van der Waals surface area (Å²) in [6, 6.07) is 0. The van der Waals surface area contributed by atoms with E-state index in [0.29, 0.717) is 12.3 Å². The van der Waals surface area contributed by atoms with Crippen LogP contribution >= 0.6 is 11.6 Å². The lowest BCUT2D eigenvalue weighted by Crippen LogP contribution is -2.60. The second-order valence-corrected chi connectivity index (χ2v) is 2.69. The molecule has 1 heterocycles. The third-order valence-corrected chi connectivity index (χ3v) is 1.88. The number of carbonyl (C=O) groups excluding carboxylic acids is 1. The van der Waals surface area contributed by atoms with Crippen LogP contribution in [0.1, 0.15) is 13.3 Å². The molecule has 1 N–H and O–H groups in total. The Morgan fingerprint density at radius 3 is 2.62 bits per heavy atom. The van der Waals surface area contributed by atoms with Gasteiger partial charge < -0.3 is 5.32 Å². The summed E-state index contributed by atoms with van der Waals surface area (Å²) in [4.78, 5) is 10.3. The number of hydrogen-bond acceptors (Lipinski definition) is 1. The highest BCUT2D eigenvalue weighted by Gasteiger charge is 2.36. The molecule has 46 valence electrons. The molecule has 0 aliphatic carbocycles. The maximum absolute atomic E-state index is 10.3. The number of carbonyl (C=O) groups is 1. The molecule has 1 atom stereocenters. The number of halogens is 1. The van der Waals surface area contributed by atoms with Gasteiger partial charge in [0.2, 0.25) is 5.91 Å². The SMILES string of the molecule is CC1(CCl)CC(=O)N1. The normalized spacial score (nSPS) is 36.0. The molecular formula is C5H8ClNO. The van der Waals surface area contributed by atoms with Gasteiger partial charge in [-0.1, -0.05) is 0 Å². The quantitative estimate of drug-likeness (QED) is 0.410. The third kappa shape index (κ3) is 0.802. The first kappa shape index (κ1) is 5.89. The van der Waals surface area contributed by atoms with E-state index in [1.165, 1.54) is 0 Å². The third-order valence-electron chi connectivity index (χ3n) is 1.29. The molecule has 0 aromatic heterocycles. The Morgan fingerprint density at radius 1 is 2.00 bits per heavy atom. The fourth-order valence-electron chi connectivity index (χ4n) is 0.753. The Morgan fingerprint density at radius 2 is 2.50 bits per heavy atom. The van der Waals surface area contributed by atoms with E-state index in [0.717, 1.165) is 0 Å². The predicted molar refractivity (Wildman–Crippen MR) is 31.9 cm³/mol. The Kier molecular flexibility index (Phi) is 1.19. The van der Waals surface area contributed by atoms with Crippen molar-refractivity contribution in [3.05, 3.63) is 0 Å². The highest BCUT2D eigenvalue weighted by atomic mass is 35.5. The lowest BCUT2D eigenvalue weighted by atomic mass is 9.92. The molecule has 0 bridgehead atoms. The number of hydrogen-bond donors (Lipinski definition) is 1. The number of alkyl halides is 1. The maximum Gasteiger partial charge on any atom is 0.222 e.